The highest BCUT2D eigenvalue weighted by molar-refractivity contribution is 6.30. The maximum atomic E-state index is 6.05. The monoisotopic (exact) mass is 294 g/mol. The number of aryl methyl sites for hydroxylation is 1. The van der Waals surface area contributed by atoms with E-state index in [0.29, 0.717) is 11.6 Å². The summed E-state index contributed by atoms with van der Waals surface area (Å²) in [6.07, 6.45) is 0. The molecule has 20 heavy (non-hydrogen) atoms. The molecule has 0 saturated heterocycles. The molecule has 1 unspecified atom stereocenters. The third-order valence-electron chi connectivity index (χ3n) is 3.41. The molecule has 0 fully saturated rings. The van der Waals surface area contributed by atoms with Gasteiger partial charge in [0, 0.05) is 23.7 Å². The second-order valence-corrected chi connectivity index (χ2v) is 5.14. The van der Waals surface area contributed by atoms with Crippen LogP contribution in [0.4, 0.5) is 0 Å². The van der Waals surface area contributed by atoms with E-state index < -0.39 is 0 Å². The molecule has 0 saturated carbocycles. The van der Waals surface area contributed by atoms with Gasteiger partial charge in [-0.2, -0.15) is 0 Å². The molecule has 1 N–H and O–H groups in total. The summed E-state index contributed by atoms with van der Waals surface area (Å²) in [7, 11) is 3.83. The Morgan fingerprint density at radius 2 is 2.15 bits per heavy atom. The molecule has 0 aliphatic carbocycles. The van der Waals surface area contributed by atoms with Gasteiger partial charge in [-0.1, -0.05) is 11.6 Å². The Bertz CT molecular complexity index is 597. The summed E-state index contributed by atoms with van der Waals surface area (Å²) in [6.45, 7) is 4.35. The van der Waals surface area contributed by atoms with Crippen molar-refractivity contribution in [2.45, 2.75) is 26.5 Å². The predicted octanol–water partition coefficient (Wildman–Crippen LogP) is 2.64. The minimum atomic E-state index is 0.157. The van der Waals surface area contributed by atoms with Crippen LogP contribution in [-0.4, -0.2) is 21.8 Å². The van der Waals surface area contributed by atoms with Gasteiger partial charge in [-0.25, -0.2) is 0 Å². The topological polar surface area (TPSA) is 52.0 Å². The summed E-state index contributed by atoms with van der Waals surface area (Å²) in [5.74, 6) is 2.46. The smallest absolute Gasteiger partial charge is 0.170 e. The van der Waals surface area contributed by atoms with E-state index in [-0.39, 0.29) is 6.04 Å². The Morgan fingerprint density at radius 3 is 2.75 bits per heavy atom. The van der Waals surface area contributed by atoms with E-state index in [1.54, 1.807) is 0 Å². The van der Waals surface area contributed by atoms with Gasteiger partial charge in [0.1, 0.15) is 18.2 Å². The third-order valence-corrected chi connectivity index (χ3v) is 3.65. The van der Waals surface area contributed by atoms with Crippen molar-refractivity contribution in [2.24, 2.45) is 7.05 Å². The second kappa shape index (κ2) is 6.24. The molecular formula is C14H19ClN4O. The van der Waals surface area contributed by atoms with Crippen LogP contribution in [0.1, 0.15) is 30.2 Å². The van der Waals surface area contributed by atoms with E-state index in [4.69, 9.17) is 16.3 Å². The standard InChI is InChI=1S/C14H19ClN4O/c1-9(16-3)12-7-11(15)5-6-13(12)20-8-14-18-17-10(2)19(14)4/h5-7,9,16H,8H2,1-4H3. The average Bonchev–Trinajstić information content (AvgIpc) is 2.76. The van der Waals surface area contributed by atoms with Crippen molar-refractivity contribution in [3.63, 3.8) is 0 Å². The van der Waals surface area contributed by atoms with Crippen LogP contribution in [0, 0.1) is 6.92 Å². The predicted molar refractivity (Wildman–Crippen MR) is 79.0 cm³/mol. The first-order valence-electron chi connectivity index (χ1n) is 6.47. The third kappa shape index (κ3) is 3.11. The molecule has 1 aromatic heterocycles. The summed E-state index contributed by atoms with van der Waals surface area (Å²) in [5, 5.41) is 12.0. The molecule has 0 bridgehead atoms. The van der Waals surface area contributed by atoms with Crippen molar-refractivity contribution in [2.75, 3.05) is 7.05 Å². The lowest BCUT2D eigenvalue weighted by atomic mass is 10.1. The number of rotatable bonds is 5. The average molecular weight is 295 g/mol. The molecule has 6 heteroatoms. The van der Waals surface area contributed by atoms with E-state index in [9.17, 15) is 0 Å². The second-order valence-electron chi connectivity index (χ2n) is 4.70. The van der Waals surface area contributed by atoms with Crippen molar-refractivity contribution in [3.05, 3.63) is 40.4 Å². The molecule has 0 amide bonds. The normalized spacial score (nSPS) is 12.4. The Hall–Kier alpha value is -1.59. The van der Waals surface area contributed by atoms with Gasteiger partial charge >= 0.3 is 0 Å². The van der Waals surface area contributed by atoms with E-state index in [1.165, 1.54) is 0 Å². The number of benzene rings is 1. The van der Waals surface area contributed by atoms with Crippen LogP contribution in [-0.2, 0) is 13.7 Å². The van der Waals surface area contributed by atoms with Crippen LogP contribution >= 0.6 is 11.6 Å². The molecule has 2 aromatic rings. The SMILES string of the molecule is CNC(C)c1cc(Cl)ccc1OCc1nnc(C)n1C. The molecule has 5 nitrogen and oxygen atoms in total. The molecular weight excluding hydrogens is 276 g/mol. The fraction of sp³-hybridized carbons (Fsp3) is 0.429. The highest BCUT2D eigenvalue weighted by atomic mass is 35.5. The minimum Gasteiger partial charge on any atom is -0.485 e. The fourth-order valence-corrected chi connectivity index (χ4v) is 2.04. The largest absolute Gasteiger partial charge is 0.485 e. The Morgan fingerprint density at radius 1 is 1.40 bits per heavy atom. The molecule has 0 aliphatic heterocycles. The zero-order chi connectivity index (χ0) is 14.7. The first kappa shape index (κ1) is 14.8. The van der Waals surface area contributed by atoms with Crippen LogP contribution in [0.5, 0.6) is 5.75 Å². The van der Waals surface area contributed by atoms with E-state index in [0.717, 1.165) is 23.0 Å². The van der Waals surface area contributed by atoms with Gasteiger partial charge in [0.25, 0.3) is 0 Å². The van der Waals surface area contributed by atoms with Gasteiger partial charge in [0.15, 0.2) is 5.82 Å². The van der Waals surface area contributed by atoms with Gasteiger partial charge in [-0.05, 0) is 39.1 Å². The zero-order valence-electron chi connectivity index (χ0n) is 12.1. The van der Waals surface area contributed by atoms with Crippen molar-refractivity contribution in [1.82, 2.24) is 20.1 Å². The summed E-state index contributed by atoms with van der Waals surface area (Å²) >= 11 is 6.05. The van der Waals surface area contributed by atoms with E-state index >= 15 is 0 Å². The first-order chi connectivity index (χ1) is 9.52. The highest BCUT2D eigenvalue weighted by Crippen LogP contribution is 2.28. The van der Waals surface area contributed by atoms with Gasteiger partial charge in [0.2, 0.25) is 0 Å². The van der Waals surface area contributed by atoms with Gasteiger partial charge in [-0.3, -0.25) is 0 Å². The molecule has 108 valence electrons. The fourth-order valence-electron chi connectivity index (χ4n) is 1.86. The number of nitrogens with zero attached hydrogens (tertiary/aromatic N) is 3. The first-order valence-corrected chi connectivity index (χ1v) is 6.85. The zero-order valence-corrected chi connectivity index (χ0v) is 12.9. The van der Waals surface area contributed by atoms with Crippen LogP contribution in [0.15, 0.2) is 18.2 Å². The van der Waals surface area contributed by atoms with Crippen LogP contribution in [0.2, 0.25) is 5.02 Å². The number of hydrogen-bond acceptors (Lipinski definition) is 4. The van der Waals surface area contributed by atoms with Gasteiger partial charge < -0.3 is 14.6 Å². The van der Waals surface area contributed by atoms with Crippen molar-refractivity contribution >= 4 is 11.6 Å². The number of halogens is 1. The van der Waals surface area contributed by atoms with Crippen molar-refractivity contribution in [3.8, 4) is 5.75 Å². The van der Waals surface area contributed by atoms with E-state index in [2.05, 4.69) is 22.4 Å². The number of aromatic nitrogens is 3. The lowest BCUT2D eigenvalue weighted by molar-refractivity contribution is 0.285. The maximum Gasteiger partial charge on any atom is 0.170 e. The van der Waals surface area contributed by atoms with E-state index in [1.807, 2.05) is 43.8 Å². The maximum absolute atomic E-state index is 6.05. The molecule has 0 radical (unpaired) electrons. The molecule has 0 aliphatic rings. The molecule has 1 atom stereocenters. The molecule has 2 rings (SSSR count). The number of ether oxygens (including phenoxy) is 1. The summed E-state index contributed by atoms with van der Waals surface area (Å²) in [4.78, 5) is 0. The molecule has 1 aromatic carbocycles. The van der Waals surface area contributed by atoms with Crippen molar-refractivity contribution in [1.29, 1.82) is 0 Å². The van der Waals surface area contributed by atoms with Crippen LogP contribution < -0.4 is 10.1 Å². The summed E-state index contributed by atoms with van der Waals surface area (Å²) in [6, 6.07) is 5.78. The Balaban J connectivity index is 2.19. The Kier molecular flexibility index (Phi) is 4.62. The van der Waals surface area contributed by atoms with Crippen molar-refractivity contribution < 1.29 is 4.74 Å². The lowest BCUT2D eigenvalue weighted by Gasteiger charge is -2.16. The molecule has 1 heterocycles. The van der Waals surface area contributed by atoms with Crippen LogP contribution in [0.25, 0.3) is 0 Å². The minimum absolute atomic E-state index is 0.157. The molecule has 0 spiro atoms. The lowest BCUT2D eigenvalue weighted by Crippen LogP contribution is -2.14. The van der Waals surface area contributed by atoms with Gasteiger partial charge in [0.05, 0.1) is 0 Å². The highest BCUT2D eigenvalue weighted by Gasteiger charge is 2.12. The summed E-state index contributed by atoms with van der Waals surface area (Å²) in [5.41, 5.74) is 1.03. The quantitative estimate of drug-likeness (QED) is 0.921. The Labute approximate surface area is 123 Å². The van der Waals surface area contributed by atoms with Gasteiger partial charge in [-0.15, -0.1) is 10.2 Å². The summed E-state index contributed by atoms with van der Waals surface area (Å²) < 4.78 is 7.79. The number of nitrogens with one attached hydrogen (secondary N) is 1. The number of hydrogen-bond donors (Lipinski definition) is 1. The van der Waals surface area contributed by atoms with Crippen LogP contribution in [0.3, 0.4) is 0 Å².